The topological polar surface area (TPSA) is 90.6 Å². The fourth-order valence-corrected chi connectivity index (χ4v) is 0.708. The van der Waals surface area contributed by atoms with E-state index in [-0.39, 0.29) is 17.8 Å². The van der Waals surface area contributed by atoms with Crippen LogP contribution >= 0.6 is 0 Å². The van der Waals surface area contributed by atoms with Gasteiger partial charge in [-0.25, -0.2) is 9.89 Å². The van der Waals surface area contributed by atoms with E-state index >= 15 is 0 Å². The summed E-state index contributed by atoms with van der Waals surface area (Å²) >= 11 is 0. The molecule has 66 valence electrons. The molecule has 1 aromatic heterocycles. The Hall–Kier alpha value is -1.59. The first-order valence-corrected chi connectivity index (χ1v) is 3.55. The van der Waals surface area contributed by atoms with Crippen LogP contribution < -0.4 is 11.0 Å². The summed E-state index contributed by atoms with van der Waals surface area (Å²) in [5.74, 6) is -0.378. The van der Waals surface area contributed by atoms with Gasteiger partial charge >= 0.3 is 5.69 Å². The quantitative estimate of drug-likeness (QED) is 0.544. The number of carbonyl (C=O) groups is 1. The Labute approximate surface area is 68.4 Å². The maximum atomic E-state index is 11.1. The highest BCUT2D eigenvalue weighted by atomic mass is 16.2. The monoisotopic (exact) mass is 170 g/mol. The molecule has 0 aliphatic carbocycles. The zero-order valence-corrected chi connectivity index (χ0v) is 6.84. The molecule has 1 heterocycles. The van der Waals surface area contributed by atoms with Gasteiger partial charge in [0.05, 0.1) is 0 Å². The molecule has 0 saturated heterocycles. The molecule has 0 aliphatic rings. The molecule has 0 unspecified atom stereocenters. The van der Waals surface area contributed by atoms with Gasteiger partial charge in [-0.15, -0.1) is 5.10 Å². The number of aromatic amines is 2. The van der Waals surface area contributed by atoms with Crippen LogP contribution in [0.5, 0.6) is 0 Å². The number of nitrogens with zero attached hydrogens (tertiary/aromatic N) is 1. The number of carbonyl (C=O) groups excluding carboxylic acids is 1. The molecule has 0 saturated carbocycles. The van der Waals surface area contributed by atoms with Gasteiger partial charge in [0.25, 0.3) is 5.91 Å². The molecule has 0 spiro atoms. The van der Waals surface area contributed by atoms with Gasteiger partial charge in [-0.2, -0.15) is 0 Å². The molecule has 1 rings (SSSR count). The van der Waals surface area contributed by atoms with Crippen molar-refractivity contribution in [3.05, 3.63) is 16.3 Å². The van der Waals surface area contributed by atoms with Crippen LogP contribution in [0.3, 0.4) is 0 Å². The van der Waals surface area contributed by atoms with Gasteiger partial charge in [-0.1, -0.05) is 0 Å². The summed E-state index contributed by atoms with van der Waals surface area (Å²) in [6, 6.07) is 0.0257. The maximum absolute atomic E-state index is 11.1. The normalized spacial score (nSPS) is 10.2. The van der Waals surface area contributed by atoms with Crippen molar-refractivity contribution in [2.24, 2.45) is 0 Å². The first kappa shape index (κ1) is 8.51. The van der Waals surface area contributed by atoms with Crippen LogP contribution in [0, 0.1) is 0 Å². The van der Waals surface area contributed by atoms with Crippen molar-refractivity contribution in [1.29, 1.82) is 0 Å². The second-order valence-corrected chi connectivity index (χ2v) is 2.65. The third-order valence-electron chi connectivity index (χ3n) is 1.14. The number of hydrogen-bond acceptors (Lipinski definition) is 3. The standard InChI is InChI=1S/C6H10N4O2/c1-3(2)7-5(11)4-8-6(12)10-9-4/h3H,1-2H3,(H,7,11)(H2,8,9,10,12). The van der Waals surface area contributed by atoms with E-state index in [4.69, 9.17) is 0 Å². The molecule has 6 nitrogen and oxygen atoms in total. The average Bonchev–Trinajstić information content (AvgIpc) is 2.34. The minimum atomic E-state index is -0.482. The van der Waals surface area contributed by atoms with E-state index in [2.05, 4.69) is 20.5 Å². The molecule has 0 fully saturated rings. The lowest BCUT2D eigenvalue weighted by molar-refractivity contribution is 0.0933. The summed E-state index contributed by atoms with van der Waals surface area (Å²) in [4.78, 5) is 23.9. The van der Waals surface area contributed by atoms with Crippen molar-refractivity contribution in [3.8, 4) is 0 Å². The first-order valence-electron chi connectivity index (χ1n) is 3.55. The molecule has 12 heavy (non-hydrogen) atoms. The smallest absolute Gasteiger partial charge is 0.341 e. The van der Waals surface area contributed by atoms with Crippen molar-refractivity contribution >= 4 is 5.91 Å². The van der Waals surface area contributed by atoms with E-state index in [0.29, 0.717) is 0 Å². The predicted molar refractivity (Wildman–Crippen MR) is 41.8 cm³/mol. The number of hydrogen-bond donors (Lipinski definition) is 3. The molecule has 1 amide bonds. The van der Waals surface area contributed by atoms with Gasteiger partial charge in [-0.3, -0.25) is 9.78 Å². The van der Waals surface area contributed by atoms with E-state index in [1.54, 1.807) is 0 Å². The summed E-state index contributed by atoms with van der Waals surface area (Å²) in [6.07, 6.45) is 0. The van der Waals surface area contributed by atoms with Crippen LogP contribution in [0.15, 0.2) is 4.79 Å². The van der Waals surface area contributed by atoms with Crippen LogP contribution in [0.2, 0.25) is 0 Å². The van der Waals surface area contributed by atoms with Crippen LogP contribution in [-0.2, 0) is 0 Å². The third-order valence-corrected chi connectivity index (χ3v) is 1.14. The molecular formula is C6H10N4O2. The number of aromatic nitrogens is 3. The van der Waals surface area contributed by atoms with Gasteiger partial charge < -0.3 is 5.32 Å². The molecule has 3 N–H and O–H groups in total. The Balaban J connectivity index is 2.72. The fourth-order valence-electron chi connectivity index (χ4n) is 0.708. The lowest BCUT2D eigenvalue weighted by Crippen LogP contribution is -2.31. The zero-order valence-electron chi connectivity index (χ0n) is 6.84. The summed E-state index contributed by atoms with van der Waals surface area (Å²) in [5.41, 5.74) is -0.482. The fraction of sp³-hybridized carbons (Fsp3) is 0.500. The Kier molecular flexibility index (Phi) is 2.27. The van der Waals surface area contributed by atoms with Gasteiger partial charge in [0.15, 0.2) is 0 Å². The van der Waals surface area contributed by atoms with Crippen LogP contribution in [0.1, 0.15) is 24.5 Å². The molecule has 0 radical (unpaired) electrons. The van der Waals surface area contributed by atoms with Crippen LogP contribution in [-0.4, -0.2) is 27.1 Å². The Morgan fingerprint density at radius 3 is 2.67 bits per heavy atom. The summed E-state index contributed by atoms with van der Waals surface area (Å²) in [6.45, 7) is 3.64. The second-order valence-electron chi connectivity index (χ2n) is 2.65. The van der Waals surface area contributed by atoms with E-state index in [1.165, 1.54) is 0 Å². The average molecular weight is 170 g/mol. The molecule has 1 aromatic rings. The van der Waals surface area contributed by atoms with Crippen molar-refractivity contribution in [2.45, 2.75) is 19.9 Å². The first-order chi connectivity index (χ1) is 5.59. The van der Waals surface area contributed by atoms with Gasteiger partial charge in [0, 0.05) is 6.04 Å². The number of rotatable bonds is 2. The third kappa shape index (κ3) is 1.94. The van der Waals surface area contributed by atoms with Crippen LogP contribution in [0.25, 0.3) is 0 Å². The molecular weight excluding hydrogens is 160 g/mol. The highest BCUT2D eigenvalue weighted by Crippen LogP contribution is 1.84. The van der Waals surface area contributed by atoms with Gasteiger partial charge in [0.1, 0.15) is 0 Å². The van der Waals surface area contributed by atoms with Crippen molar-refractivity contribution < 1.29 is 4.79 Å². The number of amides is 1. The predicted octanol–water partition coefficient (Wildman–Crippen LogP) is -0.764. The second kappa shape index (κ2) is 3.21. The number of nitrogens with one attached hydrogen (secondary N) is 3. The van der Waals surface area contributed by atoms with E-state index in [1.807, 2.05) is 13.8 Å². The lowest BCUT2D eigenvalue weighted by Gasteiger charge is -2.04. The summed E-state index contributed by atoms with van der Waals surface area (Å²) in [5, 5.41) is 8.15. The van der Waals surface area contributed by atoms with Crippen molar-refractivity contribution in [1.82, 2.24) is 20.5 Å². The molecule has 0 bridgehead atoms. The number of H-pyrrole nitrogens is 2. The van der Waals surface area contributed by atoms with Crippen LogP contribution in [0.4, 0.5) is 0 Å². The molecule has 0 atom stereocenters. The minimum Gasteiger partial charge on any atom is -0.347 e. The summed E-state index contributed by atoms with van der Waals surface area (Å²) < 4.78 is 0. The van der Waals surface area contributed by atoms with Gasteiger partial charge in [0.2, 0.25) is 5.82 Å². The largest absolute Gasteiger partial charge is 0.347 e. The maximum Gasteiger partial charge on any atom is 0.341 e. The van der Waals surface area contributed by atoms with Gasteiger partial charge in [-0.05, 0) is 13.8 Å². The highest BCUT2D eigenvalue weighted by Gasteiger charge is 2.09. The Bertz CT molecular complexity index is 324. The highest BCUT2D eigenvalue weighted by molar-refractivity contribution is 5.90. The Morgan fingerprint density at radius 1 is 1.58 bits per heavy atom. The summed E-state index contributed by atoms with van der Waals surface area (Å²) in [7, 11) is 0. The molecule has 0 aromatic carbocycles. The molecule has 6 heteroatoms. The van der Waals surface area contributed by atoms with E-state index in [9.17, 15) is 9.59 Å². The van der Waals surface area contributed by atoms with Crippen molar-refractivity contribution in [2.75, 3.05) is 0 Å². The zero-order chi connectivity index (χ0) is 9.14. The van der Waals surface area contributed by atoms with E-state index < -0.39 is 5.69 Å². The lowest BCUT2D eigenvalue weighted by atomic mass is 10.4. The minimum absolute atomic E-state index is 0.00806. The Morgan fingerprint density at radius 2 is 2.25 bits per heavy atom. The van der Waals surface area contributed by atoms with Crippen molar-refractivity contribution in [3.63, 3.8) is 0 Å². The SMILES string of the molecule is CC(C)NC(=O)c1n[nH]c(=O)[nH]1. The molecule has 0 aliphatic heterocycles. The van der Waals surface area contributed by atoms with E-state index in [0.717, 1.165) is 0 Å².